The fourth-order valence-corrected chi connectivity index (χ4v) is 2.34. The van der Waals surface area contributed by atoms with Gasteiger partial charge in [0, 0.05) is 19.6 Å². The lowest BCUT2D eigenvalue weighted by atomic mass is 9.91. The second-order valence-corrected chi connectivity index (χ2v) is 6.84. The predicted molar refractivity (Wildman–Crippen MR) is 84.0 cm³/mol. The zero-order valence-electron chi connectivity index (χ0n) is 16.9. The molecule has 0 fully saturated rings. The van der Waals surface area contributed by atoms with Crippen LogP contribution in [0.1, 0.15) is 6.42 Å². The van der Waals surface area contributed by atoms with Gasteiger partial charge < -0.3 is 15.5 Å². The van der Waals surface area contributed by atoms with Gasteiger partial charge in [0.25, 0.3) is 5.91 Å². The van der Waals surface area contributed by atoms with Gasteiger partial charge in [0.1, 0.15) is 0 Å². The van der Waals surface area contributed by atoms with Gasteiger partial charge in [-0.1, -0.05) is 0 Å². The molecule has 0 spiro atoms. The number of halogens is 15. The summed E-state index contributed by atoms with van der Waals surface area (Å²) in [7, 11) is 0. The van der Waals surface area contributed by atoms with E-state index in [9.17, 15) is 70.7 Å². The lowest BCUT2D eigenvalue weighted by Crippen LogP contribution is -2.74. The molecule has 1 amide bonds. The molecular weight excluding hydrogens is 541 g/mol. The molecule has 0 radical (unpaired) electrons. The summed E-state index contributed by atoms with van der Waals surface area (Å²) >= 11 is 0. The number of carbonyl (C=O) groups excluding carboxylic acids is 1. The molecule has 0 aromatic carbocycles. The van der Waals surface area contributed by atoms with Crippen molar-refractivity contribution in [1.82, 2.24) is 10.2 Å². The third-order valence-electron chi connectivity index (χ3n) is 4.38. The SMILES string of the molecule is O=C(NCCCN(CCO)CCO)C(F)(F)C(F)(F)C(F)(F)C(F)(F)C(F)(F)C(F)(F)C(F)(F)F. The monoisotopic (exact) mass is 558 g/mol. The zero-order valence-corrected chi connectivity index (χ0v) is 16.9. The first-order chi connectivity index (χ1) is 15.4. The van der Waals surface area contributed by atoms with Gasteiger partial charge in [-0.05, 0) is 13.0 Å². The summed E-state index contributed by atoms with van der Waals surface area (Å²) in [5.41, 5.74) is 0. The quantitative estimate of drug-likeness (QED) is 0.227. The van der Waals surface area contributed by atoms with Crippen LogP contribution in [-0.4, -0.2) is 102 Å². The average Bonchev–Trinajstić information content (AvgIpc) is 2.69. The molecule has 0 heterocycles. The van der Waals surface area contributed by atoms with Crippen LogP contribution in [0.5, 0.6) is 0 Å². The molecule has 0 aliphatic rings. The van der Waals surface area contributed by atoms with Gasteiger partial charge in [-0.2, -0.15) is 65.9 Å². The third-order valence-corrected chi connectivity index (χ3v) is 4.38. The number of alkyl halides is 15. The Hall–Kier alpha value is -1.70. The molecule has 0 saturated heterocycles. The van der Waals surface area contributed by atoms with Crippen LogP contribution in [0.3, 0.4) is 0 Å². The molecule has 0 saturated carbocycles. The highest BCUT2D eigenvalue weighted by Crippen LogP contribution is 2.62. The van der Waals surface area contributed by atoms with Gasteiger partial charge in [0.05, 0.1) is 13.2 Å². The fraction of sp³-hybridized carbons (Fsp3) is 0.933. The molecule has 0 unspecified atom stereocenters. The molecular formula is C15H17F15N2O3. The van der Waals surface area contributed by atoms with Gasteiger partial charge in [0.2, 0.25) is 0 Å². The Morgan fingerprint density at radius 1 is 0.600 bits per heavy atom. The third kappa shape index (κ3) is 5.83. The van der Waals surface area contributed by atoms with E-state index in [0.29, 0.717) is 0 Å². The van der Waals surface area contributed by atoms with E-state index in [1.165, 1.54) is 4.90 Å². The molecule has 5 nitrogen and oxygen atoms in total. The number of carbonyl (C=O) groups is 1. The van der Waals surface area contributed by atoms with Gasteiger partial charge in [-0.15, -0.1) is 0 Å². The van der Waals surface area contributed by atoms with Crippen LogP contribution in [0.2, 0.25) is 0 Å². The smallest absolute Gasteiger partial charge is 0.395 e. The minimum Gasteiger partial charge on any atom is -0.395 e. The lowest BCUT2D eigenvalue weighted by molar-refractivity contribution is -0.449. The maximum absolute atomic E-state index is 13.7. The van der Waals surface area contributed by atoms with E-state index in [1.54, 1.807) is 0 Å². The molecule has 210 valence electrons. The van der Waals surface area contributed by atoms with Gasteiger partial charge >= 0.3 is 41.7 Å². The van der Waals surface area contributed by atoms with E-state index >= 15 is 0 Å². The topological polar surface area (TPSA) is 72.8 Å². The second-order valence-electron chi connectivity index (χ2n) is 6.84. The number of aliphatic hydroxyl groups excluding tert-OH is 2. The van der Waals surface area contributed by atoms with Gasteiger partial charge in [-0.3, -0.25) is 9.69 Å². The fourth-order valence-electron chi connectivity index (χ4n) is 2.34. The first-order valence-corrected chi connectivity index (χ1v) is 8.97. The summed E-state index contributed by atoms with van der Waals surface area (Å²) in [6.45, 7) is -2.56. The number of rotatable bonds is 14. The van der Waals surface area contributed by atoms with E-state index in [0.717, 1.165) is 5.32 Å². The van der Waals surface area contributed by atoms with Crippen molar-refractivity contribution in [1.29, 1.82) is 0 Å². The standard InChI is InChI=1S/C15H17F15N2O3/c16-9(17,8(35)31-2-1-3-32(4-6-33)5-7-34)10(18,19)11(20,21)12(22,23)13(24,25)14(26,27)15(28,29)30/h33-34H,1-7H2,(H,31,35). The maximum atomic E-state index is 13.7. The molecule has 0 rings (SSSR count). The summed E-state index contributed by atoms with van der Waals surface area (Å²) in [6.07, 6.45) is -8.18. The van der Waals surface area contributed by atoms with Crippen LogP contribution in [-0.2, 0) is 4.79 Å². The number of aliphatic hydroxyl groups is 2. The summed E-state index contributed by atoms with van der Waals surface area (Å²) in [5, 5.41) is 18.3. The summed E-state index contributed by atoms with van der Waals surface area (Å²) in [4.78, 5) is 12.5. The first-order valence-electron chi connectivity index (χ1n) is 8.97. The molecule has 3 N–H and O–H groups in total. The van der Waals surface area contributed by atoms with Gasteiger partial charge in [-0.25, -0.2) is 0 Å². The number of hydrogen-bond donors (Lipinski definition) is 3. The van der Waals surface area contributed by atoms with Crippen LogP contribution in [0, 0.1) is 0 Å². The minimum atomic E-state index is -8.46. The Bertz CT molecular complexity index is 706. The lowest BCUT2D eigenvalue weighted by Gasteiger charge is -2.41. The number of amides is 1. The molecule has 0 aromatic heterocycles. The van der Waals surface area contributed by atoms with Crippen molar-refractivity contribution >= 4 is 5.91 Å². The average molecular weight is 558 g/mol. The Morgan fingerprint density at radius 2 is 0.971 bits per heavy atom. The predicted octanol–water partition coefficient (Wildman–Crippen LogP) is 3.15. The van der Waals surface area contributed by atoms with Crippen molar-refractivity contribution in [2.45, 2.75) is 48.1 Å². The molecule has 0 aromatic rings. The maximum Gasteiger partial charge on any atom is 0.460 e. The molecule has 35 heavy (non-hydrogen) atoms. The highest BCUT2D eigenvalue weighted by atomic mass is 19.4. The highest BCUT2D eigenvalue weighted by Gasteiger charge is 2.94. The molecule has 20 heteroatoms. The molecule has 0 aliphatic heterocycles. The van der Waals surface area contributed by atoms with Crippen molar-refractivity contribution in [3.05, 3.63) is 0 Å². The van der Waals surface area contributed by atoms with Gasteiger partial charge in [0.15, 0.2) is 0 Å². The van der Waals surface area contributed by atoms with Crippen molar-refractivity contribution in [2.24, 2.45) is 0 Å². The highest BCUT2D eigenvalue weighted by molar-refractivity contribution is 5.84. The first kappa shape index (κ1) is 33.3. The number of nitrogens with zero attached hydrogens (tertiary/aromatic N) is 1. The summed E-state index contributed by atoms with van der Waals surface area (Å²) in [6, 6.07) is 0. The van der Waals surface area contributed by atoms with Crippen LogP contribution < -0.4 is 5.32 Å². The number of nitrogens with one attached hydrogen (secondary N) is 1. The normalized spacial score (nSPS) is 15.0. The van der Waals surface area contributed by atoms with Crippen LogP contribution >= 0.6 is 0 Å². The Morgan fingerprint density at radius 3 is 1.34 bits per heavy atom. The van der Waals surface area contributed by atoms with E-state index in [-0.39, 0.29) is 19.6 Å². The number of hydrogen-bond acceptors (Lipinski definition) is 4. The van der Waals surface area contributed by atoms with E-state index in [1.807, 2.05) is 0 Å². The van der Waals surface area contributed by atoms with Crippen molar-refractivity contribution in [3.63, 3.8) is 0 Å². The van der Waals surface area contributed by atoms with Crippen LogP contribution in [0.25, 0.3) is 0 Å². The molecule has 0 bridgehead atoms. The molecule has 0 aliphatic carbocycles. The van der Waals surface area contributed by atoms with Crippen molar-refractivity contribution in [3.8, 4) is 0 Å². The second kappa shape index (κ2) is 10.7. The van der Waals surface area contributed by atoms with E-state index in [2.05, 4.69) is 0 Å². The summed E-state index contributed by atoms with van der Waals surface area (Å²) < 4.78 is 196. The summed E-state index contributed by atoms with van der Waals surface area (Å²) in [5.74, 6) is -51.6. The van der Waals surface area contributed by atoms with Crippen molar-refractivity contribution in [2.75, 3.05) is 39.4 Å². The Kier molecular flexibility index (Phi) is 10.2. The van der Waals surface area contributed by atoms with E-state index < -0.39 is 73.8 Å². The zero-order chi connectivity index (χ0) is 28.3. The minimum absolute atomic E-state index is 0.124. The van der Waals surface area contributed by atoms with Crippen molar-refractivity contribution < 1.29 is 80.9 Å². The molecule has 0 atom stereocenters. The largest absolute Gasteiger partial charge is 0.460 e. The Balaban J connectivity index is 5.84. The van der Waals surface area contributed by atoms with Crippen LogP contribution in [0.4, 0.5) is 65.9 Å². The van der Waals surface area contributed by atoms with E-state index in [4.69, 9.17) is 10.2 Å². The Labute approximate surface area is 185 Å². The van der Waals surface area contributed by atoms with Crippen LogP contribution in [0.15, 0.2) is 0 Å².